The van der Waals surface area contributed by atoms with E-state index in [0.717, 1.165) is 17.0 Å². The smallest absolute Gasteiger partial charge is 0.272 e. The third-order valence-electron chi connectivity index (χ3n) is 2.99. The van der Waals surface area contributed by atoms with Gasteiger partial charge in [0.2, 0.25) is 0 Å². The van der Waals surface area contributed by atoms with E-state index in [1.54, 1.807) is 0 Å². The monoisotopic (exact) mass is 254 g/mol. The van der Waals surface area contributed by atoms with E-state index in [1.165, 1.54) is 10.6 Å². The van der Waals surface area contributed by atoms with Gasteiger partial charge in [-0.1, -0.05) is 30.3 Å². The minimum absolute atomic E-state index is 0.115. The van der Waals surface area contributed by atoms with Gasteiger partial charge in [-0.05, 0) is 12.1 Å². The average Bonchev–Trinajstić information content (AvgIpc) is 2.85. The van der Waals surface area contributed by atoms with Crippen LogP contribution in [-0.4, -0.2) is 21.1 Å². The predicted molar refractivity (Wildman–Crippen MR) is 74.0 cm³/mol. The van der Waals surface area contributed by atoms with Gasteiger partial charge in [0.05, 0.1) is 5.69 Å². The Kier molecular flexibility index (Phi) is 2.89. The summed E-state index contributed by atoms with van der Waals surface area (Å²) in [5.41, 5.74) is 8.62. The number of hydrogen-bond acceptors (Lipinski definition) is 3. The molecule has 0 fully saturated rings. The van der Waals surface area contributed by atoms with E-state index in [9.17, 15) is 4.79 Å². The molecular formula is C14H14N4O. The quantitative estimate of drug-likeness (QED) is 0.737. The van der Waals surface area contributed by atoms with Crippen LogP contribution in [0, 0.1) is 0 Å². The summed E-state index contributed by atoms with van der Waals surface area (Å²) in [6.45, 7) is 0.485. The van der Waals surface area contributed by atoms with Crippen LogP contribution < -0.4 is 11.3 Å². The maximum Gasteiger partial charge on any atom is 0.272 e. The number of nitrogens with zero attached hydrogens (tertiary/aromatic N) is 2. The number of fused-ring (bicyclic) bond motifs is 1. The van der Waals surface area contributed by atoms with Gasteiger partial charge in [0.25, 0.3) is 5.56 Å². The fourth-order valence-corrected chi connectivity index (χ4v) is 2.08. The summed E-state index contributed by atoms with van der Waals surface area (Å²) >= 11 is 0. The first-order valence-corrected chi connectivity index (χ1v) is 6.15. The van der Waals surface area contributed by atoms with Gasteiger partial charge < -0.3 is 5.73 Å². The zero-order chi connectivity index (χ0) is 13.2. The van der Waals surface area contributed by atoms with Gasteiger partial charge in [0.15, 0.2) is 5.65 Å². The van der Waals surface area contributed by atoms with E-state index in [1.807, 2.05) is 36.4 Å². The van der Waals surface area contributed by atoms with E-state index in [0.29, 0.717) is 18.6 Å². The molecule has 96 valence electrons. The molecule has 2 aromatic heterocycles. The van der Waals surface area contributed by atoms with Crippen molar-refractivity contribution in [2.75, 3.05) is 6.54 Å². The van der Waals surface area contributed by atoms with Crippen LogP contribution in [0.15, 0.2) is 47.3 Å². The van der Waals surface area contributed by atoms with Crippen molar-refractivity contribution in [3.05, 3.63) is 58.5 Å². The number of aromatic nitrogens is 3. The summed E-state index contributed by atoms with van der Waals surface area (Å²) in [7, 11) is 0. The van der Waals surface area contributed by atoms with Crippen molar-refractivity contribution in [2.45, 2.75) is 6.42 Å². The second kappa shape index (κ2) is 4.70. The highest BCUT2D eigenvalue weighted by atomic mass is 16.1. The first kappa shape index (κ1) is 11.7. The predicted octanol–water partition coefficient (Wildman–Crippen LogP) is 1.19. The topological polar surface area (TPSA) is 76.2 Å². The number of aromatic amines is 1. The van der Waals surface area contributed by atoms with Crippen LogP contribution >= 0.6 is 0 Å². The fraction of sp³-hybridized carbons (Fsp3) is 0.143. The van der Waals surface area contributed by atoms with Crippen LogP contribution in [0.2, 0.25) is 0 Å². The molecule has 0 spiro atoms. The number of rotatable bonds is 3. The highest BCUT2D eigenvalue weighted by molar-refractivity contribution is 5.63. The number of nitrogens with one attached hydrogen (secondary N) is 1. The maximum absolute atomic E-state index is 12.0. The van der Waals surface area contributed by atoms with Gasteiger partial charge in [-0.2, -0.15) is 0 Å². The Morgan fingerprint density at radius 1 is 1.21 bits per heavy atom. The first-order valence-electron chi connectivity index (χ1n) is 6.15. The van der Waals surface area contributed by atoms with Gasteiger partial charge in [-0.3, -0.25) is 9.89 Å². The van der Waals surface area contributed by atoms with E-state index in [4.69, 9.17) is 5.73 Å². The molecule has 1 aromatic carbocycles. The van der Waals surface area contributed by atoms with E-state index >= 15 is 0 Å². The molecule has 5 nitrogen and oxygen atoms in total. The Labute approximate surface area is 109 Å². The third-order valence-corrected chi connectivity index (χ3v) is 2.99. The molecule has 3 N–H and O–H groups in total. The number of nitrogens with two attached hydrogens (primary N) is 1. The summed E-state index contributed by atoms with van der Waals surface area (Å²) < 4.78 is 1.45. The Morgan fingerprint density at radius 2 is 2.00 bits per heavy atom. The van der Waals surface area contributed by atoms with Crippen molar-refractivity contribution < 1.29 is 0 Å². The molecule has 5 heteroatoms. The van der Waals surface area contributed by atoms with Crippen molar-refractivity contribution in [3.8, 4) is 11.3 Å². The van der Waals surface area contributed by atoms with Crippen LogP contribution in [0.3, 0.4) is 0 Å². The molecule has 3 aromatic rings. The molecule has 0 aliphatic heterocycles. The molecule has 0 radical (unpaired) electrons. The van der Waals surface area contributed by atoms with Crippen molar-refractivity contribution in [2.24, 2.45) is 5.73 Å². The lowest BCUT2D eigenvalue weighted by atomic mass is 10.2. The first-order chi connectivity index (χ1) is 9.28. The van der Waals surface area contributed by atoms with E-state index in [-0.39, 0.29) is 5.56 Å². The van der Waals surface area contributed by atoms with Gasteiger partial charge in [0.1, 0.15) is 0 Å². The molecule has 2 heterocycles. The van der Waals surface area contributed by atoms with Crippen LogP contribution in [0.1, 0.15) is 5.69 Å². The van der Waals surface area contributed by atoms with Crippen LogP contribution in [0.4, 0.5) is 0 Å². The van der Waals surface area contributed by atoms with Gasteiger partial charge in [-0.25, -0.2) is 9.50 Å². The van der Waals surface area contributed by atoms with Gasteiger partial charge in [0, 0.05) is 24.2 Å². The zero-order valence-electron chi connectivity index (χ0n) is 10.3. The molecule has 19 heavy (non-hydrogen) atoms. The highest BCUT2D eigenvalue weighted by Crippen LogP contribution is 2.17. The summed E-state index contributed by atoms with van der Waals surface area (Å²) in [5, 5.41) is 3.06. The molecule has 0 aliphatic rings. The molecule has 0 atom stereocenters. The molecule has 0 amide bonds. The summed E-state index contributed by atoms with van der Waals surface area (Å²) in [6, 6.07) is 13.2. The number of benzene rings is 1. The Morgan fingerprint density at radius 3 is 2.74 bits per heavy atom. The molecule has 0 aliphatic carbocycles. The molecule has 0 bridgehead atoms. The molecular weight excluding hydrogens is 240 g/mol. The third kappa shape index (κ3) is 2.15. The SMILES string of the molecule is NCCc1cc(=O)n2[nH]c(-c3ccccc3)cc2n1. The normalized spacial score (nSPS) is 11.0. The minimum atomic E-state index is -0.115. The maximum atomic E-state index is 12.0. The minimum Gasteiger partial charge on any atom is -0.330 e. The second-order valence-corrected chi connectivity index (χ2v) is 4.35. The molecule has 0 saturated heterocycles. The lowest BCUT2D eigenvalue weighted by Gasteiger charge is -1.97. The van der Waals surface area contributed by atoms with Gasteiger partial charge >= 0.3 is 0 Å². The van der Waals surface area contributed by atoms with Crippen LogP contribution in [-0.2, 0) is 6.42 Å². The average molecular weight is 254 g/mol. The summed E-state index contributed by atoms with van der Waals surface area (Å²) in [6.07, 6.45) is 0.609. The Balaban J connectivity index is 2.16. The molecule has 0 saturated carbocycles. The molecule has 0 unspecified atom stereocenters. The van der Waals surface area contributed by atoms with Gasteiger partial charge in [-0.15, -0.1) is 0 Å². The standard InChI is InChI=1S/C14H14N4O/c15-7-6-11-8-14(19)18-13(16-11)9-12(17-18)10-4-2-1-3-5-10/h1-5,8-9,17H,6-7,15H2. The molecule has 3 rings (SSSR count). The Hall–Kier alpha value is -2.40. The lowest BCUT2D eigenvalue weighted by Crippen LogP contribution is -2.17. The zero-order valence-corrected chi connectivity index (χ0v) is 10.3. The summed E-state index contributed by atoms with van der Waals surface area (Å²) in [4.78, 5) is 16.4. The summed E-state index contributed by atoms with van der Waals surface area (Å²) in [5.74, 6) is 0. The van der Waals surface area contributed by atoms with Crippen LogP contribution in [0.5, 0.6) is 0 Å². The highest BCUT2D eigenvalue weighted by Gasteiger charge is 2.07. The van der Waals surface area contributed by atoms with Crippen molar-refractivity contribution in [3.63, 3.8) is 0 Å². The van der Waals surface area contributed by atoms with E-state index in [2.05, 4.69) is 10.1 Å². The van der Waals surface area contributed by atoms with E-state index < -0.39 is 0 Å². The second-order valence-electron chi connectivity index (χ2n) is 4.35. The van der Waals surface area contributed by atoms with Crippen LogP contribution in [0.25, 0.3) is 16.9 Å². The lowest BCUT2D eigenvalue weighted by molar-refractivity contribution is 0.858. The fourth-order valence-electron chi connectivity index (χ4n) is 2.08. The van der Waals surface area contributed by atoms with Crippen molar-refractivity contribution >= 4 is 5.65 Å². The Bertz CT molecular complexity index is 758. The number of H-pyrrole nitrogens is 1. The van der Waals surface area contributed by atoms with Crippen molar-refractivity contribution in [1.82, 2.24) is 14.6 Å². The largest absolute Gasteiger partial charge is 0.330 e. The number of hydrogen-bond donors (Lipinski definition) is 2. The van der Waals surface area contributed by atoms with Crippen molar-refractivity contribution in [1.29, 1.82) is 0 Å².